The monoisotopic (exact) mass is 304 g/mol. The van der Waals surface area contributed by atoms with Crippen molar-refractivity contribution in [3.63, 3.8) is 0 Å². The highest BCUT2D eigenvalue weighted by atomic mass is 35.5. The van der Waals surface area contributed by atoms with Gasteiger partial charge >= 0.3 is 0 Å². The van der Waals surface area contributed by atoms with Crippen molar-refractivity contribution in [3.05, 3.63) is 53.3 Å². The molecule has 0 spiro atoms. The van der Waals surface area contributed by atoms with Crippen LogP contribution in [0.25, 0.3) is 0 Å². The number of aromatic nitrogens is 1. The molecule has 0 radical (unpaired) electrons. The SMILES string of the molecule is O=C(NCC1COc2ccccc2O1)c1ccncc1Cl. The van der Waals surface area contributed by atoms with Crippen molar-refractivity contribution < 1.29 is 14.3 Å². The number of nitrogens with one attached hydrogen (secondary N) is 1. The standard InChI is InChI=1S/C15H13ClN2O3/c16-12-8-17-6-5-11(12)15(19)18-7-10-9-20-13-3-1-2-4-14(13)21-10/h1-6,8,10H,7,9H2,(H,18,19). The minimum absolute atomic E-state index is 0.232. The smallest absolute Gasteiger partial charge is 0.253 e. The summed E-state index contributed by atoms with van der Waals surface area (Å²) in [5, 5.41) is 3.10. The van der Waals surface area contributed by atoms with E-state index in [4.69, 9.17) is 21.1 Å². The van der Waals surface area contributed by atoms with Crippen LogP contribution >= 0.6 is 11.6 Å². The molecule has 3 rings (SSSR count). The third-order valence-electron chi connectivity index (χ3n) is 3.07. The van der Waals surface area contributed by atoms with Crippen LogP contribution in [0, 0.1) is 0 Å². The Morgan fingerprint density at radius 2 is 2.14 bits per heavy atom. The molecule has 1 aliphatic rings. The fourth-order valence-corrected chi connectivity index (χ4v) is 2.23. The molecular weight excluding hydrogens is 292 g/mol. The van der Waals surface area contributed by atoms with E-state index in [0.29, 0.717) is 29.5 Å². The van der Waals surface area contributed by atoms with Crippen LogP contribution in [-0.2, 0) is 0 Å². The second-order valence-electron chi connectivity index (χ2n) is 4.56. The van der Waals surface area contributed by atoms with Gasteiger partial charge in [0, 0.05) is 12.4 Å². The number of pyridine rings is 1. The number of hydrogen-bond acceptors (Lipinski definition) is 4. The van der Waals surface area contributed by atoms with E-state index in [0.717, 1.165) is 5.75 Å². The van der Waals surface area contributed by atoms with Crippen LogP contribution in [0.3, 0.4) is 0 Å². The van der Waals surface area contributed by atoms with Crippen molar-refractivity contribution in [2.24, 2.45) is 0 Å². The highest BCUT2D eigenvalue weighted by Crippen LogP contribution is 2.30. The van der Waals surface area contributed by atoms with Crippen LogP contribution in [-0.4, -0.2) is 30.1 Å². The highest BCUT2D eigenvalue weighted by Gasteiger charge is 2.21. The predicted octanol–water partition coefficient (Wildman–Crippen LogP) is 2.30. The zero-order chi connectivity index (χ0) is 14.7. The number of carbonyl (C=O) groups is 1. The maximum atomic E-state index is 12.0. The van der Waals surface area contributed by atoms with Gasteiger partial charge in [-0.15, -0.1) is 0 Å². The lowest BCUT2D eigenvalue weighted by Crippen LogP contribution is -2.40. The average molecular weight is 305 g/mol. The van der Waals surface area contributed by atoms with E-state index in [1.54, 1.807) is 6.07 Å². The summed E-state index contributed by atoms with van der Waals surface area (Å²) in [5.41, 5.74) is 0.392. The zero-order valence-corrected chi connectivity index (χ0v) is 11.8. The predicted molar refractivity (Wildman–Crippen MR) is 77.9 cm³/mol. The number of benzene rings is 1. The first-order valence-electron chi connectivity index (χ1n) is 6.50. The van der Waals surface area contributed by atoms with Crippen LogP contribution in [0.5, 0.6) is 11.5 Å². The first kappa shape index (κ1) is 13.7. The molecule has 108 valence electrons. The lowest BCUT2D eigenvalue weighted by atomic mass is 10.2. The summed E-state index contributed by atoms with van der Waals surface area (Å²) >= 11 is 5.93. The van der Waals surface area contributed by atoms with Gasteiger partial charge in [0.1, 0.15) is 12.7 Å². The molecule has 0 fully saturated rings. The molecule has 21 heavy (non-hydrogen) atoms. The summed E-state index contributed by atoms with van der Waals surface area (Å²) < 4.78 is 11.3. The van der Waals surface area contributed by atoms with Crippen molar-refractivity contribution in [2.75, 3.05) is 13.2 Å². The summed E-state index contributed by atoms with van der Waals surface area (Å²) in [6.45, 7) is 0.729. The Balaban J connectivity index is 1.59. The molecule has 6 heteroatoms. The van der Waals surface area contributed by atoms with Gasteiger partial charge in [-0.3, -0.25) is 9.78 Å². The number of rotatable bonds is 3. The van der Waals surface area contributed by atoms with E-state index in [1.807, 2.05) is 24.3 Å². The summed E-state index contributed by atoms with van der Waals surface area (Å²) in [6, 6.07) is 9.02. The molecule has 1 amide bonds. The number of hydrogen-bond donors (Lipinski definition) is 1. The molecule has 0 bridgehead atoms. The lowest BCUT2D eigenvalue weighted by molar-refractivity contribution is 0.0789. The topological polar surface area (TPSA) is 60.5 Å². The Morgan fingerprint density at radius 1 is 1.33 bits per heavy atom. The van der Waals surface area contributed by atoms with Crippen molar-refractivity contribution in [1.29, 1.82) is 0 Å². The molecule has 1 N–H and O–H groups in total. The Labute approximate surface area is 126 Å². The molecule has 0 saturated carbocycles. The molecule has 1 unspecified atom stereocenters. The molecule has 1 aromatic carbocycles. The number of para-hydroxylation sites is 2. The van der Waals surface area contributed by atoms with Crippen molar-refractivity contribution in [1.82, 2.24) is 10.3 Å². The molecule has 1 aliphatic heterocycles. The van der Waals surface area contributed by atoms with Crippen LogP contribution in [0.4, 0.5) is 0 Å². The molecule has 1 aromatic heterocycles. The lowest BCUT2D eigenvalue weighted by Gasteiger charge is -2.26. The second kappa shape index (κ2) is 6.01. The summed E-state index contributed by atoms with van der Waals surface area (Å²) in [7, 11) is 0. The van der Waals surface area contributed by atoms with Crippen LogP contribution in [0.15, 0.2) is 42.7 Å². The Kier molecular flexibility index (Phi) is 3.92. The van der Waals surface area contributed by atoms with Gasteiger partial charge in [-0.25, -0.2) is 0 Å². The van der Waals surface area contributed by atoms with Gasteiger partial charge in [0.15, 0.2) is 11.5 Å². The van der Waals surface area contributed by atoms with Crippen molar-refractivity contribution >= 4 is 17.5 Å². The number of ether oxygens (including phenoxy) is 2. The zero-order valence-electron chi connectivity index (χ0n) is 11.1. The van der Waals surface area contributed by atoms with E-state index in [1.165, 1.54) is 12.4 Å². The van der Waals surface area contributed by atoms with Crippen LogP contribution in [0.2, 0.25) is 5.02 Å². The van der Waals surface area contributed by atoms with Crippen molar-refractivity contribution in [2.45, 2.75) is 6.10 Å². The maximum Gasteiger partial charge on any atom is 0.253 e. The van der Waals surface area contributed by atoms with Gasteiger partial charge in [0.05, 0.1) is 17.1 Å². The summed E-state index contributed by atoms with van der Waals surface area (Å²) in [5.74, 6) is 1.15. The third-order valence-corrected chi connectivity index (χ3v) is 3.38. The normalized spacial score (nSPS) is 16.3. The first-order chi connectivity index (χ1) is 10.2. The Bertz CT molecular complexity index is 663. The Morgan fingerprint density at radius 3 is 2.95 bits per heavy atom. The minimum atomic E-state index is -0.259. The van der Waals surface area contributed by atoms with E-state index in [9.17, 15) is 4.79 Å². The quantitative estimate of drug-likeness (QED) is 0.945. The summed E-state index contributed by atoms with van der Waals surface area (Å²) in [4.78, 5) is 15.9. The minimum Gasteiger partial charge on any atom is -0.486 e. The van der Waals surface area contributed by atoms with Crippen molar-refractivity contribution in [3.8, 4) is 11.5 Å². The number of halogens is 1. The number of nitrogens with zero attached hydrogens (tertiary/aromatic N) is 1. The van der Waals surface area contributed by atoms with Gasteiger partial charge < -0.3 is 14.8 Å². The maximum absolute atomic E-state index is 12.0. The van der Waals surface area contributed by atoms with Gasteiger partial charge in [-0.1, -0.05) is 23.7 Å². The van der Waals surface area contributed by atoms with E-state index in [-0.39, 0.29) is 12.0 Å². The van der Waals surface area contributed by atoms with Crippen LogP contribution in [0.1, 0.15) is 10.4 Å². The number of amides is 1. The molecule has 1 atom stereocenters. The summed E-state index contributed by atoms with van der Waals surface area (Å²) in [6.07, 6.45) is 2.73. The fourth-order valence-electron chi connectivity index (χ4n) is 2.02. The van der Waals surface area contributed by atoms with E-state index >= 15 is 0 Å². The van der Waals surface area contributed by atoms with E-state index in [2.05, 4.69) is 10.3 Å². The van der Waals surface area contributed by atoms with Gasteiger partial charge in [-0.05, 0) is 18.2 Å². The molecule has 5 nitrogen and oxygen atoms in total. The van der Waals surface area contributed by atoms with Gasteiger partial charge in [0.25, 0.3) is 5.91 Å². The average Bonchev–Trinajstić information content (AvgIpc) is 2.53. The van der Waals surface area contributed by atoms with E-state index < -0.39 is 0 Å². The van der Waals surface area contributed by atoms with Gasteiger partial charge in [-0.2, -0.15) is 0 Å². The molecular formula is C15H13ClN2O3. The second-order valence-corrected chi connectivity index (χ2v) is 4.97. The molecule has 2 heterocycles. The first-order valence-corrected chi connectivity index (χ1v) is 6.88. The molecule has 0 aliphatic carbocycles. The van der Waals surface area contributed by atoms with Gasteiger partial charge in [0.2, 0.25) is 0 Å². The third kappa shape index (κ3) is 3.08. The largest absolute Gasteiger partial charge is 0.486 e. The number of carbonyl (C=O) groups excluding carboxylic acids is 1. The van der Waals surface area contributed by atoms with Crippen LogP contribution < -0.4 is 14.8 Å². The number of fused-ring (bicyclic) bond motifs is 1. The molecule has 0 saturated heterocycles. The highest BCUT2D eigenvalue weighted by molar-refractivity contribution is 6.33. The fraction of sp³-hybridized carbons (Fsp3) is 0.200. The molecule has 2 aromatic rings. The Hall–Kier alpha value is -2.27.